The summed E-state index contributed by atoms with van der Waals surface area (Å²) in [7, 11) is 1.45. The summed E-state index contributed by atoms with van der Waals surface area (Å²) in [6, 6.07) is 12.2. The first-order valence-corrected chi connectivity index (χ1v) is 6.84. The topological polar surface area (TPSA) is 80.5 Å². The standard InChI is InChI=1S/C15H18N4O3/c1-11(2)16-14-10-9-13(19(20)21)15(17-14)18(22-3)12-7-5-4-6-8-12/h4-11H,1-3H3,(H,16,17). The Kier molecular flexibility index (Phi) is 4.90. The molecule has 0 saturated carbocycles. The molecule has 0 aliphatic carbocycles. The van der Waals surface area contributed by atoms with E-state index in [1.807, 2.05) is 32.0 Å². The molecule has 0 amide bonds. The van der Waals surface area contributed by atoms with E-state index in [2.05, 4.69) is 10.3 Å². The molecule has 7 nitrogen and oxygen atoms in total. The molecule has 1 aromatic carbocycles. The molecule has 116 valence electrons. The summed E-state index contributed by atoms with van der Waals surface area (Å²) < 4.78 is 0. The molecule has 2 aromatic rings. The van der Waals surface area contributed by atoms with Gasteiger partial charge >= 0.3 is 5.69 Å². The van der Waals surface area contributed by atoms with Crippen LogP contribution in [0, 0.1) is 10.1 Å². The van der Waals surface area contributed by atoms with Crippen molar-refractivity contribution in [3.8, 4) is 0 Å². The van der Waals surface area contributed by atoms with E-state index in [0.29, 0.717) is 11.5 Å². The zero-order valence-electron chi connectivity index (χ0n) is 12.7. The van der Waals surface area contributed by atoms with Crippen LogP contribution in [0.5, 0.6) is 0 Å². The van der Waals surface area contributed by atoms with Crippen molar-refractivity contribution in [1.82, 2.24) is 4.98 Å². The van der Waals surface area contributed by atoms with E-state index in [1.54, 1.807) is 18.2 Å². The predicted molar refractivity (Wildman–Crippen MR) is 85.2 cm³/mol. The quantitative estimate of drug-likeness (QED) is 0.649. The van der Waals surface area contributed by atoms with Gasteiger partial charge in [-0.15, -0.1) is 0 Å². The monoisotopic (exact) mass is 302 g/mol. The van der Waals surface area contributed by atoms with Gasteiger partial charge in [0.15, 0.2) is 0 Å². The molecule has 0 unspecified atom stereocenters. The fraction of sp³-hybridized carbons (Fsp3) is 0.267. The lowest BCUT2D eigenvalue weighted by atomic mass is 10.3. The zero-order chi connectivity index (χ0) is 16.1. The zero-order valence-corrected chi connectivity index (χ0v) is 12.7. The molecule has 0 spiro atoms. The highest BCUT2D eigenvalue weighted by atomic mass is 16.7. The summed E-state index contributed by atoms with van der Waals surface area (Å²) in [4.78, 5) is 20.4. The maximum Gasteiger partial charge on any atom is 0.314 e. The summed E-state index contributed by atoms with van der Waals surface area (Å²) >= 11 is 0. The lowest BCUT2D eigenvalue weighted by molar-refractivity contribution is -0.384. The van der Waals surface area contributed by atoms with E-state index in [9.17, 15) is 10.1 Å². The van der Waals surface area contributed by atoms with Crippen molar-refractivity contribution in [2.45, 2.75) is 19.9 Å². The van der Waals surface area contributed by atoms with Crippen LogP contribution in [0.15, 0.2) is 42.5 Å². The Balaban J connectivity index is 2.51. The van der Waals surface area contributed by atoms with Crippen molar-refractivity contribution < 1.29 is 9.76 Å². The number of benzene rings is 1. The molecule has 0 atom stereocenters. The minimum atomic E-state index is -0.476. The van der Waals surface area contributed by atoms with E-state index in [4.69, 9.17) is 4.84 Å². The van der Waals surface area contributed by atoms with Crippen LogP contribution < -0.4 is 10.4 Å². The molecule has 2 rings (SSSR count). The van der Waals surface area contributed by atoms with Crippen molar-refractivity contribution in [2.75, 3.05) is 17.5 Å². The SMILES string of the molecule is CON(c1ccccc1)c1nc(NC(C)C)ccc1[N+](=O)[O-]. The van der Waals surface area contributed by atoms with Gasteiger partial charge in [0.2, 0.25) is 5.82 Å². The van der Waals surface area contributed by atoms with Crippen molar-refractivity contribution in [2.24, 2.45) is 0 Å². The lowest BCUT2D eigenvalue weighted by Gasteiger charge is -2.21. The molecule has 7 heteroatoms. The number of nitrogens with zero attached hydrogens (tertiary/aromatic N) is 3. The van der Waals surface area contributed by atoms with Gasteiger partial charge < -0.3 is 5.32 Å². The van der Waals surface area contributed by atoms with Crippen LogP contribution in [0.1, 0.15) is 13.8 Å². The molecule has 0 saturated heterocycles. The Morgan fingerprint density at radius 1 is 1.23 bits per heavy atom. The Labute approximate surface area is 128 Å². The number of anilines is 3. The molecule has 0 fully saturated rings. The number of aromatic nitrogens is 1. The van der Waals surface area contributed by atoms with E-state index in [1.165, 1.54) is 18.2 Å². The number of rotatable bonds is 6. The van der Waals surface area contributed by atoms with Crippen molar-refractivity contribution in [1.29, 1.82) is 0 Å². The number of nitrogens with one attached hydrogen (secondary N) is 1. The molecule has 1 N–H and O–H groups in total. The average molecular weight is 302 g/mol. The van der Waals surface area contributed by atoms with Crippen LogP contribution in [-0.2, 0) is 4.84 Å². The first-order chi connectivity index (χ1) is 10.5. The minimum absolute atomic E-state index is 0.125. The summed E-state index contributed by atoms with van der Waals surface area (Å²) in [5.41, 5.74) is 0.530. The van der Waals surface area contributed by atoms with E-state index >= 15 is 0 Å². The maximum atomic E-state index is 11.3. The highest BCUT2D eigenvalue weighted by molar-refractivity contribution is 5.68. The van der Waals surface area contributed by atoms with Crippen molar-refractivity contribution >= 4 is 23.0 Å². The molecule has 0 aliphatic rings. The summed E-state index contributed by atoms with van der Waals surface area (Å²) in [5.74, 6) is 0.679. The van der Waals surface area contributed by atoms with Gasteiger partial charge in [-0.1, -0.05) is 18.2 Å². The molecule has 1 aromatic heterocycles. The van der Waals surface area contributed by atoms with Crippen LogP contribution in [0.4, 0.5) is 23.0 Å². The number of pyridine rings is 1. The normalized spacial score (nSPS) is 10.5. The van der Waals surface area contributed by atoms with Crippen LogP contribution in [-0.4, -0.2) is 23.1 Å². The van der Waals surface area contributed by atoms with Gasteiger partial charge in [-0.2, -0.15) is 5.06 Å². The number of hydrogen-bond acceptors (Lipinski definition) is 6. The molecule has 0 aliphatic heterocycles. The maximum absolute atomic E-state index is 11.3. The first-order valence-electron chi connectivity index (χ1n) is 6.84. The average Bonchev–Trinajstić information content (AvgIpc) is 2.48. The van der Waals surface area contributed by atoms with Gasteiger partial charge in [0.05, 0.1) is 17.7 Å². The van der Waals surface area contributed by atoms with E-state index < -0.39 is 4.92 Å². The van der Waals surface area contributed by atoms with Gasteiger partial charge in [0.1, 0.15) is 5.82 Å². The number of hydrogen-bond donors (Lipinski definition) is 1. The van der Waals surface area contributed by atoms with Gasteiger partial charge in [-0.05, 0) is 32.0 Å². The van der Waals surface area contributed by atoms with Crippen LogP contribution in [0.2, 0.25) is 0 Å². The molecule has 22 heavy (non-hydrogen) atoms. The molecule has 0 bridgehead atoms. The second-order valence-electron chi connectivity index (χ2n) is 4.91. The summed E-state index contributed by atoms with van der Waals surface area (Å²) in [6.07, 6.45) is 0. The molecule has 1 heterocycles. The summed E-state index contributed by atoms with van der Waals surface area (Å²) in [5, 5.41) is 15.7. The fourth-order valence-electron chi connectivity index (χ4n) is 1.99. The number of para-hydroxylation sites is 1. The van der Waals surface area contributed by atoms with Crippen LogP contribution in [0.3, 0.4) is 0 Å². The largest absolute Gasteiger partial charge is 0.368 e. The number of nitro groups is 1. The highest BCUT2D eigenvalue weighted by Crippen LogP contribution is 2.33. The van der Waals surface area contributed by atoms with Crippen molar-refractivity contribution in [3.63, 3.8) is 0 Å². The second kappa shape index (κ2) is 6.86. The highest BCUT2D eigenvalue weighted by Gasteiger charge is 2.23. The Morgan fingerprint density at radius 3 is 2.45 bits per heavy atom. The smallest absolute Gasteiger partial charge is 0.314 e. The molecular weight excluding hydrogens is 284 g/mol. The Bertz CT molecular complexity index is 646. The van der Waals surface area contributed by atoms with Gasteiger partial charge in [0.25, 0.3) is 0 Å². The minimum Gasteiger partial charge on any atom is -0.368 e. The van der Waals surface area contributed by atoms with E-state index in [0.717, 1.165) is 0 Å². The third-order valence-electron chi connectivity index (χ3n) is 2.85. The third-order valence-corrected chi connectivity index (χ3v) is 2.85. The lowest BCUT2D eigenvalue weighted by Crippen LogP contribution is -2.19. The fourth-order valence-corrected chi connectivity index (χ4v) is 1.99. The van der Waals surface area contributed by atoms with E-state index in [-0.39, 0.29) is 17.5 Å². The Hall–Kier alpha value is -2.67. The van der Waals surface area contributed by atoms with Crippen LogP contribution >= 0.6 is 0 Å². The third kappa shape index (κ3) is 3.50. The van der Waals surface area contributed by atoms with Gasteiger partial charge in [0, 0.05) is 12.1 Å². The van der Waals surface area contributed by atoms with Gasteiger partial charge in [-0.3, -0.25) is 15.0 Å². The van der Waals surface area contributed by atoms with Crippen LogP contribution in [0.25, 0.3) is 0 Å². The first kappa shape index (κ1) is 15.7. The Morgan fingerprint density at radius 2 is 1.91 bits per heavy atom. The second-order valence-corrected chi connectivity index (χ2v) is 4.91. The van der Waals surface area contributed by atoms with Gasteiger partial charge in [-0.25, -0.2) is 4.98 Å². The molecule has 0 radical (unpaired) electrons. The predicted octanol–water partition coefficient (Wildman–Crippen LogP) is 3.51. The van der Waals surface area contributed by atoms with Crippen molar-refractivity contribution in [3.05, 3.63) is 52.6 Å². The molecular formula is C15H18N4O3. The summed E-state index contributed by atoms with van der Waals surface area (Å²) in [6.45, 7) is 3.93.